The number of sulfone groups is 1. The normalized spacial score (nSPS) is 12.3. The van der Waals surface area contributed by atoms with Crippen LogP contribution in [-0.2, 0) is 22.6 Å². The molecule has 0 aliphatic rings. The van der Waals surface area contributed by atoms with Gasteiger partial charge in [0.05, 0.1) is 28.6 Å². The van der Waals surface area contributed by atoms with Gasteiger partial charge in [0.25, 0.3) is 0 Å². The average molecular weight is 217 g/mol. The first-order valence-corrected chi connectivity index (χ1v) is 6.04. The van der Waals surface area contributed by atoms with E-state index in [9.17, 15) is 8.42 Å². The summed E-state index contributed by atoms with van der Waals surface area (Å²) in [6.45, 7) is 3.31. The zero-order valence-corrected chi connectivity index (χ0v) is 9.37. The Morgan fingerprint density at radius 3 is 2.50 bits per heavy atom. The lowest BCUT2D eigenvalue weighted by atomic mass is 10.4. The summed E-state index contributed by atoms with van der Waals surface area (Å²) in [6.07, 6.45) is 1.46. The molecule has 0 saturated heterocycles. The molecule has 0 aliphatic carbocycles. The molecule has 0 amide bonds. The molecule has 5 nitrogen and oxygen atoms in total. The van der Waals surface area contributed by atoms with Crippen LogP contribution in [0.3, 0.4) is 0 Å². The van der Waals surface area contributed by atoms with Crippen LogP contribution < -0.4 is 5.73 Å². The van der Waals surface area contributed by atoms with E-state index in [0.29, 0.717) is 11.4 Å². The molecule has 0 aromatic carbocycles. The molecule has 0 unspecified atom stereocenters. The second kappa shape index (κ2) is 3.61. The number of anilines is 1. The summed E-state index contributed by atoms with van der Waals surface area (Å²) in [5, 5.41) is 3.50. The van der Waals surface area contributed by atoms with Crippen molar-refractivity contribution in [2.24, 2.45) is 7.05 Å². The standard InChI is InChI=1S/C8H15N3O2S/c1-6(2)14(12,13)5-8-7(9)4-10-11(8)3/h4,6H,5,9H2,1-3H3. The first kappa shape index (κ1) is 11.0. The number of nitrogen functional groups attached to an aromatic ring is 1. The van der Waals surface area contributed by atoms with Gasteiger partial charge in [-0.05, 0) is 13.8 Å². The first-order chi connectivity index (χ1) is 6.34. The summed E-state index contributed by atoms with van der Waals surface area (Å²) in [6, 6.07) is 0. The van der Waals surface area contributed by atoms with Gasteiger partial charge in [0, 0.05) is 7.05 Å². The van der Waals surface area contributed by atoms with Crippen LogP contribution in [0.2, 0.25) is 0 Å². The van der Waals surface area contributed by atoms with Crippen LogP contribution in [0.4, 0.5) is 5.69 Å². The molecule has 0 spiro atoms. The maximum absolute atomic E-state index is 11.6. The number of hydrogen-bond acceptors (Lipinski definition) is 4. The zero-order valence-electron chi connectivity index (χ0n) is 8.56. The van der Waals surface area contributed by atoms with Gasteiger partial charge in [-0.3, -0.25) is 4.68 Å². The molecule has 0 saturated carbocycles. The fourth-order valence-electron chi connectivity index (χ4n) is 1.01. The highest BCUT2D eigenvalue weighted by atomic mass is 32.2. The van der Waals surface area contributed by atoms with Crippen LogP contribution in [0.5, 0.6) is 0 Å². The van der Waals surface area contributed by atoms with Crippen molar-refractivity contribution in [3.05, 3.63) is 11.9 Å². The van der Waals surface area contributed by atoms with Gasteiger partial charge in [0.15, 0.2) is 9.84 Å². The number of aryl methyl sites for hydroxylation is 1. The summed E-state index contributed by atoms with van der Waals surface area (Å²) >= 11 is 0. The van der Waals surface area contributed by atoms with Gasteiger partial charge in [-0.15, -0.1) is 0 Å². The second-order valence-electron chi connectivity index (χ2n) is 3.53. The minimum absolute atomic E-state index is 0.0486. The summed E-state index contributed by atoms with van der Waals surface area (Å²) in [5.41, 5.74) is 6.58. The number of hydrogen-bond donors (Lipinski definition) is 1. The van der Waals surface area contributed by atoms with Gasteiger partial charge in [-0.1, -0.05) is 0 Å². The summed E-state index contributed by atoms with van der Waals surface area (Å²) < 4.78 is 24.7. The molecule has 0 fully saturated rings. The quantitative estimate of drug-likeness (QED) is 0.791. The Kier molecular flexibility index (Phi) is 2.84. The third kappa shape index (κ3) is 2.06. The first-order valence-electron chi connectivity index (χ1n) is 4.32. The van der Waals surface area contributed by atoms with Crippen molar-refractivity contribution in [1.29, 1.82) is 0 Å². The van der Waals surface area contributed by atoms with Crippen molar-refractivity contribution < 1.29 is 8.42 Å². The number of rotatable bonds is 3. The molecule has 6 heteroatoms. The van der Waals surface area contributed by atoms with E-state index in [0.717, 1.165) is 0 Å². The minimum Gasteiger partial charge on any atom is -0.396 e. The van der Waals surface area contributed by atoms with E-state index in [2.05, 4.69) is 5.10 Å². The van der Waals surface area contributed by atoms with E-state index in [1.807, 2.05) is 0 Å². The summed E-state index contributed by atoms with van der Waals surface area (Å²) in [5.74, 6) is -0.0486. The van der Waals surface area contributed by atoms with Gasteiger partial charge in [0.1, 0.15) is 0 Å². The van der Waals surface area contributed by atoms with Crippen LogP contribution in [0.25, 0.3) is 0 Å². The van der Waals surface area contributed by atoms with Crippen LogP contribution >= 0.6 is 0 Å². The van der Waals surface area contributed by atoms with E-state index in [4.69, 9.17) is 5.73 Å². The molecule has 1 aromatic heterocycles. The van der Waals surface area contributed by atoms with Gasteiger partial charge in [0.2, 0.25) is 0 Å². The third-order valence-electron chi connectivity index (χ3n) is 2.15. The highest BCUT2D eigenvalue weighted by Crippen LogP contribution is 2.15. The predicted molar refractivity (Wildman–Crippen MR) is 55.4 cm³/mol. The summed E-state index contributed by atoms with van der Waals surface area (Å²) in [4.78, 5) is 0. The highest BCUT2D eigenvalue weighted by molar-refractivity contribution is 7.91. The van der Waals surface area contributed by atoms with E-state index in [-0.39, 0.29) is 5.75 Å². The van der Waals surface area contributed by atoms with Gasteiger partial charge in [-0.25, -0.2) is 8.42 Å². The summed E-state index contributed by atoms with van der Waals surface area (Å²) in [7, 11) is -1.42. The molecule has 80 valence electrons. The maximum Gasteiger partial charge on any atom is 0.158 e. The number of nitrogens with zero attached hydrogens (tertiary/aromatic N) is 2. The number of nitrogens with two attached hydrogens (primary N) is 1. The Labute approximate surface area is 83.8 Å². The lowest BCUT2D eigenvalue weighted by Crippen LogP contribution is -2.18. The molecule has 0 radical (unpaired) electrons. The molecule has 0 atom stereocenters. The van der Waals surface area contributed by atoms with E-state index in [1.54, 1.807) is 20.9 Å². The van der Waals surface area contributed by atoms with Crippen molar-refractivity contribution in [2.75, 3.05) is 5.73 Å². The molecular formula is C8H15N3O2S. The lowest BCUT2D eigenvalue weighted by Gasteiger charge is -2.08. The van der Waals surface area contributed by atoms with E-state index in [1.165, 1.54) is 10.9 Å². The van der Waals surface area contributed by atoms with Crippen LogP contribution in [0, 0.1) is 0 Å². The molecule has 1 heterocycles. The van der Waals surface area contributed by atoms with Crippen LogP contribution in [-0.4, -0.2) is 23.4 Å². The Hall–Kier alpha value is -1.04. The van der Waals surface area contributed by atoms with E-state index >= 15 is 0 Å². The third-order valence-corrected chi connectivity index (χ3v) is 4.26. The van der Waals surface area contributed by atoms with Crippen molar-refractivity contribution in [3.8, 4) is 0 Å². The largest absolute Gasteiger partial charge is 0.396 e. The SMILES string of the molecule is CC(C)S(=O)(=O)Cc1c(N)cnn1C. The average Bonchev–Trinajstić information content (AvgIpc) is 2.35. The smallest absolute Gasteiger partial charge is 0.158 e. The molecule has 14 heavy (non-hydrogen) atoms. The predicted octanol–water partition coefficient (Wildman–Crippen LogP) is 0.326. The van der Waals surface area contributed by atoms with Gasteiger partial charge >= 0.3 is 0 Å². The minimum atomic E-state index is -3.11. The number of aromatic nitrogens is 2. The van der Waals surface area contributed by atoms with Crippen LogP contribution in [0.1, 0.15) is 19.5 Å². The molecular weight excluding hydrogens is 202 g/mol. The second-order valence-corrected chi connectivity index (χ2v) is 6.08. The highest BCUT2D eigenvalue weighted by Gasteiger charge is 2.20. The van der Waals surface area contributed by atoms with Crippen LogP contribution in [0.15, 0.2) is 6.20 Å². The Bertz CT molecular complexity index is 400. The fraction of sp³-hybridized carbons (Fsp3) is 0.625. The monoisotopic (exact) mass is 217 g/mol. The molecule has 1 aromatic rings. The molecule has 0 aliphatic heterocycles. The Balaban J connectivity index is 3.01. The van der Waals surface area contributed by atoms with E-state index < -0.39 is 15.1 Å². The van der Waals surface area contributed by atoms with Crippen molar-refractivity contribution >= 4 is 15.5 Å². The van der Waals surface area contributed by atoms with Gasteiger partial charge in [-0.2, -0.15) is 5.10 Å². The Morgan fingerprint density at radius 1 is 1.57 bits per heavy atom. The van der Waals surface area contributed by atoms with Crippen molar-refractivity contribution in [1.82, 2.24) is 9.78 Å². The molecule has 2 N–H and O–H groups in total. The maximum atomic E-state index is 11.6. The zero-order chi connectivity index (χ0) is 10.9. The molecule has 1 rings (SSSR count). The van der Waals surface area contributed by atoms with Crippen molar-refractivity contribution in [3.63, 3.8) is 0 Å². The lowest BCUT2D eigenvalue weighted by molar-refractivity contribution is 0.583. The molecule has 0 bridgehead atoms. The van der Waals surface area contributed by atoms with Gasteiger partial charge < -0.3 is 5.73 Å². The Morgan fingerprint density at radius 2 is 2.14 bits per heavy atom. The fourth-order valence-corrected chi connectivity index (χ4v) is 2.08. The topological polar surface area (TPSA) is 78.0 Å². The van der Waals surface area contributed by atoms with Crippen molar-refractivity contribution in [2.45, 2.75) is 24.9 Å².